The van der Waals surface area contributed by atoms with Gasteiger partial charge in [-0.2, -0.15) is 0 Å². The molecule has 1 aromatic heterocycles. The van der Waals surface area contributed by atoms with E-state index in [-0.39, 0.29) is 5.83 Å². The standard InChI is InChI=1S/C15H20FN/c1-3-11-12-5-4-6-13(16)15(12)17-9-10(2)7-8-14(11)17/h5,10H,3-4,6-9H2,1-2H3. The van der Waals surface area contributed by atoms with Gasteiger partial charge in [-0.25, -0.2) is 4.39 Å². The number of rotatable bonds is 1. The number of halogens is 1. The predicted molar refractivity (Wildman–Crippen MR) is 68.8 cm³/mol. The van der Waals surface area contributed by atoms with Gasteiger partial charge >= 0.3 is 0 Å². The van der Waals surface area contributed by atoms with Gasteiger partial charge in [0.1, 0.15) is 5.83 Å². The average molecular weight is 233 g/mol. The molecule has 0 bridgehead atoms. The van der Waals surface area contributed by atoms with Gasteiger partial charge in [-0.15, -0.1) is 0 Å². The first-order valence-electron chi connectivity index (χ1n) is 6.81. The van der Waals surface area contributed by atoms with Gasteiger partial charge in [-0.1, -0.05) is 19.9 Å². The van der Waals surface area contributed by atoms with Crippen LogP contribution in [0.1, 0.15) is 44.4 Å². The van der Waals surface area contributed by atoms with Crippen molar-refractivity contribution >= 4 is 11.9 Å². The Kier molecular flexibility index (Phi) is 2.61. The molecule has 1 aliphatic carbocycles. The fraction of sp³-hybridized carbons (Fsp3) is 0.600. The first-order chi connectivity index (χ1) is 8.22. The third kappa shape index (κ3) is 1.57. The second-order valence-corrected chi connectivity index (χ2v) is 5.44. The van der Waals surface area contributed by atoms with Crippen LogP contribution in [0.2, 0.25) is 0 Å². The minimum absolute atomic E-state index is 0.109. The Hall–Kier alpha value is -1.05. The smallest absolute Gasteiger partial charge is 0.124 e. The lowest BCUT2D eigenvalue weighted by Crippen LogP contribution is -2.36. The van der Waals surface area contributed by atoms with Gasteiger partial charge in [0.05, 0.1) is 5.35 Å². The van der Waals surface area contributed by atoms with Crippen molar-refractivity contribution in [2.24, 2.45) is 5.92 Å². The van der Waals surface area contributed by atoms with Crippen LogP contribution in [0.15, 0.2) is 0 Å². The van der Waals surface area contributed by atoms with Gasteiger partial charge in [0.25, 0.3) is 0 Å². The normalized spacial score (nSPS) is 23.0. The van der Waals surface area contributed by atoms with Crippen LogP contribution < -0.4 is 10.6 Å². The van der Waals surface area contributed by atoms with Gasteiger partial charge in [0, 0.05) is 23.9 Å². The second kappa shape index (κ2) is 4.01. The third-order valence-electron chi connectivity index (χ3n) is 4.22. The molecule has 2 aliphatic rings. The van der Waals surface area contributed by atoms with Crippen LogP contribution in [-0.4, -0.2) is 4.57 Å². The van der Waals surface area contributed by atoms with Gasteiger partial charge in [0.15, 0.2) is 0 Å². The molecule has 1 aliphatic heterocycles. The average Bonchev–Trinajstić information content (AvgIpc) is 2.63. The fourth-order valence-electron chi connectivity index (χ4n) is 3.38. The van der Waals surface area contributed by atoms with Gasteiger partial charge < -0.3 is 4.57 Å². The van der Waals surface area contributed by atoms with Crippen molar-refractivity contribution in [2.45, 2.75) is 52.5 Å². The summed E-state index contributed by atoms with van der Waals surface area (Å²) in [7, 11) is 0. The summed E-state index contributed by atoms with van der Waals surface area (Å²) in [6.45, 7) is 5.46. The minimum atomic E-state index is 0.109. The number of hydrogen-bond acceptors (Lipinski definition) is 0. The summed E-state index contributed by atoms with van der Waals surface area (Å²) in [5, 5.41) is 2.12. The fourth-order valence-corrected chi connectivity index (χ4v) is 3.38. The summed E-state index contributed by atoms with van der Waals surface area (Å²) in [5.41, 5.74) is 2.81. The lowest BCUT2D eigenvalue weighted by molar-refractivity contribution is 0.390. The Morgan fingerprint density at radius 3 is 3.00 bits per heavy atom. The predicted octanol–water partition coefficient (Wildman–Crippen LogP) is 2.28. The largest absolute Gasteiger partial charge is 0.342 e. The van der Waals surface area contributed by atoms with Crippen LogP contribution >= 0.6 is 0 Å². The molecule has 0 saturated carbocycles. The van der Waals surface area contributed by atoms with E-state index in [0.717, 1.165) is 31.2 Å². The Labute approximate surface area is 102 Å². The second-order valence-electron chi connectivity index (χ2n) is 5.44. The number of fused-ring (bicyclic) bond motifs is 3. The van der Waals surface area contributed by atoms with E-state index in [2.05, 4.69) is 24.5 Å². The van der Waals surface area contributed by atoms with Crippen LogP contribution in [0.5, 0.6) is 0 Å². The molecule has 1 nitrogen and oxygen atoms in total. The molecular weight excluding hydrogens is 213 g/mol. The Balaban J connectivity index is 2.37. The van der Waals surface area contributed by atoms with Crippen molar-refractivity contribution in [3.8, 4) is 0 Å². The van der Waals surface area contributed by atoms with E-state index in [9.17, 15) is 4.39 Å². The molecule has 0 N–H and O–H groups in total. The number of nitrogens with zero attached hydrogens (tertiary/aromatic N) is 1. The molecular formula is C15H20FN. The van der Waals surface area contributed by atoms with Gasteiger partial charge in [-0.05, 0) is 37.2 Å². The van der Waals surface area contributed by atoms with Crippen LogP contribution in [0.25, 0.3) is 11.9 Å². The van der Waals surface area contributed by atoms with Crippen molar-refractivity contribution in [3.63, 3.8) is 0 Å². The lowest BCUT2D eigenvalue weighted by atomic mass is 9.97. The Morgan fingerprint density at radius 1 is 1.41 bits per heavy atom. The Bertz CT molecular complexity index is 565. The molecule has 0 radical (unpaired) electrons. The molecule has 17 heavy (non-hydrogen) atoms. The summed E-state index contributed by atoms with van der Waals surface area (Å²) in [5.74, 6) is 0.788. The van der Waals surface area contributed by atoms with Crippen LogP contribution in [0.4, 0.5) is 4.39 Å². The first kappa shape index (κ1) is 11.1. The van der Waals surface area contributed by atoms with Crippen molar-refractivity contribution in [3.05, 3.63) is 21.8 Å². The van der Waals surface area contributed by atoms with Crippen molar-refractivity contribution in [2.75, 3.05) is 0 Å². The quantitative estimate of drug-likeness (QED) is 0.701. The van der Waals surface area contributed by atoms with E-state index >= 15 is 0 Å². The molecule has 1 aromatic rings. The zero-order chi connectivity index (χ0) is 12.0. The van der Waals surface area contributed by atoms with Crippen LogP contribution in [0, 0.1) is 5.92 Å². The van der Waals surface area contributed by atoms with Gasteiger partial charge in [-0.3, -0.25) is 0 Å². The molecule has 2 heteroatoms. The van der Waals surface area contributed by atoms with E-state index in [4.69, 9.17) is 0 Å². The van der Waals surface area contributed by atoms with E-state index in [0.29, 0.717) is 12.3 Å². The summed E-state index contributed by atoms with van der Waals surface area (Å²) >= 11 is 0. The van der Waals surface area contributed by atoms with Crippen LogP contribution in [-0.2, 0) is 19.4 Å². The number of hydrogen-bond donors (Lipinski definition) is 0. The van der Waals surface area contributed by atoms with E-state index in [1.807, 2.05) is 0 Å². The van der Waals surface area contributed by atoms with Crippen LogP contribution in [0.3, 0.4) is 0 Å². The summed E-state index contributed by atoms with van der Waals surface area (Å²) in [6, 6.07) is 0. The summed E-state index contributed by atoms with van der Waals surface area (Å²) in [6.07, 6.45) is 7.10. The van der Waals surface area contributed by atoms with Crippen molar-refractivity contribution in [1.29, 1.82) is 0 Å². The zero-order valence-corrected chi connectivity index (χ0v) is 10.7. The van der Waals surface area contributed by atoms with E-state index < -0.39 is 0 Å². The maximum Gasteiger partial charge on any atom is 0.124 e. The molecule has 0 amide bonds. The topological polar surface area (TPSA) is 4.93 Å². The zero-order valence-electron chi connectivity index (χ0n) is 10.7. The highest BCUT2D eigenvalue weighted by molar-refractivity contribution is 5.48. The Morgan fingerprint density at radius 2 is 2.24 bits per heavy atom. The molecule has 0 aromatic carbocycles. The van der Waals surface area contributed by atoms with E-state index in [1.54, 1.807) is 0 Å². The summed E-state index contributed by atoms with van der Waals surface area (Å²) in [4.78, 5) is 0. The monoisotopic (exact) mass is 233 g/mol. The van der Waals surface area contributed by atoms with E-state index in [1.165, 1.54) is 22.9 Å². The molecule has 2 heterocycles. The maximum absolute atomic E-state index is 14.1. The molecule has 92 valence electrons. The number of aromatic nitrogens is 1. The SMILES string of the molecule is CCc1c2n(c3c1=CCCC=3F)CC(C)CC2. The molecule has 0 fully saturated rings. The van der Waals surface area contributed by atoms with Crippen molar-refractivity contribution < 1.29 is 4.39 Å². The maximum atomic E-state index is 14.1. The third-order valence-corrected chi connectivity index (χ3v) is 4.22. The molecule has 0 spiro atoms. The van der Waals surface area contributed by atoms with Crippen molar-refractivity contribution in [1.82, 2.24) is 4.57 Å². The van der Waals surface area contributed by atoms with Gasteiger partial charge in [0.2, 0.25) is 0 Å². The lowest BCUT2D eigenvalue weighted by Gasteiger charge is -2.22. The molecule has 1 atom stereocenters. The minimum Gasteiger partial charge on any atom is -0.342 e. The molecule has 1 unspecified atom stereocenters. The molecule has 3 rings (SSSR count). The first-order valence-corrected chi connectivity index (χ1v) is 6.81. The highest BCUT2D eigenvalue weighted by atomic mass is 19.1. The highest BCUT2D eigenvalue weighted by Crippen LogP contribution is 2.22. The molecule has 0 saturated heterocycles. The summed E-state index contributed by atoms with van der Waals surface area (Å²) < 4.78 is 16.4. The highest BCUT2D eigenvalue weighted by Gasteiger charge is 2.23.